The molecular weight excluding hydrogens is 400 g/mol. The Bertz CT molecular complexity index is 1170. The molecule has 7 nitrogen and oxygen atoms in total. The smallest absolute Gasteiger partial charge is 0.239 e. The Balaban J connectivity index is 1.29. The average molecular weight is 427 g/mol. The van der Waals surface area contributed by atoms with Crippen LogP contribution in [0, 0.1) is 0 Å². The number of nitrogens with one attached hydrogen (secondary N) is 2. The second-order valence-electron chi connectivity index (χ2n) is 7.74. The first-order chi connectivity index (χ1) is 15.7. The number of aryl methyl sites for hydroxylation is 1. The van der Waals surface area contributed by atoms with Gasteiger partial charge in [0.1, 0.15) is 11.3 Å². The second-order valence-corrected chi connectivity index (χ2v) is 7.74. The number of carbonyl (C=O) groups is 1. The Kier molecular flexibility index (Phi) is 7.09. The molecule has 0 radical (unpaired) electrons. The average Bonchev–Trinajstić information content (AvgIpc) is 2.83. The van der Waals surface area contributed by atoms with Crippen LogP contribution in [0.25, 0.3) is 22.4 Å². The van der Waals surface area contributed by atoms with Gasteiger partial charge in [0.25, 0.3) is 0 Å². The van der Waals surface area contributed by atoms with Gasteiger partial charge in [0.15, 0.2) is 5.65 Å². The maximum absolute atomic E-state index is 12.4. The first kappa shape index (κ1) is 21.5. The van der Waals surface area contributed by atoms with Crippen molar-refractivity contribution in [3.8, 4) is 11.3 Å². The molecule has 162 valence electrons. The standard InChI is InChI=1S/C25H26N6O/c1-18(7-5-10-19-8-3-2-4-9-19)27-17-24(32)30-23-13-12-21-25(31-23)29-22(16-28-21)20-11-6-14-26-15-20/h2-4,6,8-9,11-16,18,27H,5,7,10,17H2,1H3,(H,29,30,31,32)/t18-/m1/s1. The van der Waals surface area contributed by atoms with Crippen LogP contribution >= 0.6 is 0 Å². The number of carbonyl (C=O) groups excluding carboxylic acids is 1. The van der Waals surface area contributed by atoms with Gasteiger partial charge in [-0.15, -0.1) is 0 Å². The SMILES string of the molecule is C[C@H](CCCc1ccccc1)NCC(=O)Nc1ccc2ncc(-c3cccnc3)nc2n1. The lowest BCUT2D eigenvalue weighted by atomic mass is 10.1. The van der Waals surface area contributed by atoms with Crippen molar-refractivity contribution in [2.45, 2.75) is 32.2 Å². The Morgan fingerprint density at radius 1 is 1.00 bits per heavy atom. The fourth-order valence-corrected chi connectivity index (χ4v) is 3.43. The molecule has 0 fully saturated rings. The number of nitrogens with zero attached hydrogens (tertiary/aromatic N) is 4. The molecule has 0 bridgehead atoms. The fourth-order valence-electron chi connectivity index (χ4n) is 3.43. The van der Waals surface area contributed by atoms with E-state index in [1.165, 1.54) is 5.56 Å². The molecule has 1 aromatic carbocycles. The minimum absolute atomic E-state index is 0.136. The van der Waals surface area contributed by atoms with Gasteiger partial charge in [0.05, 0.1) is 18.4 Å². The number of hydrogen-bond donors (Lipinski definition) is 2. The van der Waals surface area contributed by atoms with Gasteiger partial charge in [-0.25, -0.2) is 9.97 Å². The quantitative estimate of drug-likeness (QED) is 0.420. The monoisotopic (exact) mass is 426 g/mol. The number of hydrogen-bond acceptors (Lipinski definition) is 6. The van der Waals surface area contributed by atoms with Crippen LogP contribution in [0.15, 0.2) is 73.2 Å². The van der Waals surface area contributed by atoms with Gasteiger partial charge >= 0.3 is 0 Å². The summed E-state index contributed by atoms with van der Waals surface area (Å²) < 4.78 is 0. The van der Waals surface area contributed by atoms with Crippen molar-refractivity contribution in [2.75, 3.05) is 11.9 Å². The predicted octanol–water partition coefficient (Wildman–Crippen LogP) is 4.03. The molecule has 2 N–H and O–H groups in total. The normalized spacial score (nSPS) is 11.9. The van der Waals surface area contributed by atoms with E-state index in [2.05, 4.69) is 61.8 Å². The number of benzene rings is 1. The topological polar surface area (TPSA) is 92.7 Å². The third-order valence-corrected chi connectivity index (χ3v) is 5.19. The summed E-state index contributed by atoms with van der Waals surface area (Å²) in [4.78, 5) is 29.9. The lowest BCUT2D eigenvalue weighted by Crippen LogP contribution is -2.34. The van der Waals surface area contributed by atoms with Crippen LogP contribution < -0.4 is 10.6 Å². The highest BCUT2D eigenvalue weighted by atomic mass is 16.2. The molecule has 0 aliphatic heterocycles. The Morgan fingerprint density at radius 2 is 1.88 bits per heavy atom. The zero-order chi connectivity index (χ0) is 22.2. The highest BCUT2D eigenvalue weighted by Crippen LogP contribution is 2.18. The fraction of sp³-hybridized carbons (Fsp3) is 0.240. The highest BCUT2D eigenvalue weighted by Gasteiger charge is 2.09. The highest BCUT2D eigenvalue weighted by molar-refractivity contribution is 5.92. The van der Waals surface area contributed by atoms with E-state index in [1.54, 1.807) is 30.7 Å². The second kappa shape index (κ2) is 10.5. The lowest BCUT2D eigenvalue weighted by molar-refractivity contribution is -0.115. The number of fused-ring (bicyclic) bond motifs is 1. The molecule has 4 aromatic rings. The first-order valence-corrected chi connectivity index (χ1v) is 10.8. The van der Waals surface area contributed by atoms with Gasteiger partial charge in [-0.3, -0.25) is 14.8 Å². The van der Waals surface area contributed by atoms with Gasteiger partial charge < -0.3 is 10.6 Å². The molecule has 1 amide bonds. The molecule has 3 heterocycles. The summed E-state index contributed by atoms with van der Waals surface area (Å²) in [5, 5.41) is 6.12. The number of rotatable bonds is 9. The van der Waals surface area contributed by atoms with E-state index in [0.29, 0.717) is 22.7 Å². The number of pyridine rings is 2. The summed E-state index contributed by atoms with van der Waals surface area (Å²) in [6.07, 6.45) is 8.26. The van der Waals surface area contributed by atoms with Crippen molar-refractivity contribution in [3.63, 3.8) is 0 Å². The van der Waals surface area contributed by atoms with Gasteiger partial charge in [0, 0.05) is 24.0 Å². The summed E-state index contributed by atoms with van der Waals surface area (Å²) in [7, 11) is 0. The van der Waals surface area contributed by atoms with Crippen molar-refractivity contribution < 1.29 is 4.79 Å². The summed E-state index contributed by atoms with van der Waals surface area (Å²) in [5.41, 5.74) is 4.04. The van der Waals surface area contributed by atoms with E-state index in [0.717, 1.165) is 24.8 Å². The largest absolute Gasteiger partial charge is 0.310 e. The zero-order valence-electron chi connectivity index (χ0n) is 18.0. The minimum Gasteiger partial charge on any atom is -0.310 e. The number of amides is 1. The van der Waals surface area contributed by atoms with Gasteiger partial charge in [-0.05, 0) is 56.0 Å². The lowest BCUT2D eigenvalue weighted by Gasteiger charge is -2.13. The van der Waals surface area contributed by atoms with E-state index in [1.807, 2.05) is 18.2 Å². The molecule has 0 spiro atoms. The van der Waals surface area contributed by atoms with Crippen LogP contribution in [0.1, 0.15) is 25.3 Å². The molecule has 4 rings (SSSR count). The molecule has 0 saturated carbocycles. The number of anilines is 1. The molecule has 1 atom stereocenters. The van der Waals surface area contributed by atoms with Crippen LogP contribution in [0.2, 0.25) is 0 Å². The van der Waals surface area contributed by atoms with Crippen LogP contribution in [0.3, 0.4) is 0 Å². The molecule has 0 unspecified atom stereocenters. The van der Waals surface area contributed by atoms with Crippen LogP contribution in [-0.4, -0.2) is 38.4 Å². The minimum atomic E-state index is -0.136. The van der Waals surface area contributed by atoms with E-state index < -0.39 is 0 Å². The van der Waals surface area contributed by atoms with E-state index >= 15 is 0 Å². The van der Waals surface area contributed by atoms with Gasteiger partial charge in [0.2, 0.25) is 5.91 Å². The molecule has 7 heteroatoms. The Labute approximate surface area is 187 Å². The van der Waals surface area contributed by atoms with Crippen molar-refractivity contribution in [1.82, 2.24) is 25.3 Å². The maximum atomic E-state index is 12.4. The molecular formula is C25H26N6O. The van der Waals surface area contributed by atoms with Crippen molar-refractivity contribution in [3.05, 3.63) is 78.8 Å². The van der Waals surface area contributed by atoms with E-state index in [4.69, 9.17) is 0 Å². The molecule has 0 aliphatic carbocycles. The van der Waals surface area contributed by atoms with Gasteiger partial charge in [-0.1, -0.05) is 30.3 Å². The molecule has 3 aromatic heterocycles. The van der Waals surface area contributed by atoms with Crippen LogP contribution in [0.5, 0.6) is 0 Å². The predicted molar refractivity (Wildman–Crippen MR) is 126 cm³/mol. The number of aromatic nitrogens is 4. The van der Waals surface area contributed by atoms with E-state index in [-0.39, 0.29) is 18.5 Å². The maximum Gasteiger partial charge on any atom is 0.239 e. The molecule has 32 heavy (non-hydrogen) atoms. The van der Waals surface area contributed by atoms with Crippen molar-refractivity contribution in [1.29, 1.82) is 0 Å². The summed E-state index contributed by atoms with van der Waals surface area (Å²) >= 11 is 0. The zero-order valence-corrected chi connectivity index (χ0v) is 18.0. The van der Waals surface area contributed by atoms with Crippen molar-refractivity contribution in [2.24, 2.45) is 0 Å². The summed E-state index contributed by atoms with van der Waals surface area (Å²) in [5.74, 6) is 0.321. The Morgan fingerprint density at radius 3 is 2.69 bits per heavy atom. The van der Waals surface area contributed by atoms with Crippen LogP contribution in [-0.2, 0) is 11.2 Å². The third kappa shape index (κ3) is 5.92. The van der Waals surface area contributed by atoms with Gasteiger partial charge in [-0.2, -0.15) is 0 Å². The molecule has 0 saturated heterocycles. The molecule has 0 aliphatic rings. The van der Waals surface area contributed by atoms with E-state index in [9.17, 15) is 4.79 Å². The van der Waals surface area contributed by atoms with Crippen molar-refractivity contribution >= 4 is 22.9 Å². The summed E-state index contributed by atoms with van der Waals surface area (Å²) in [6, 6.07) is 18.0. The third-order valence-electron chi connectivity index (χ3n) is 5.19. The first-order valence-electron chi connectivity index (χ1n) is 10.8. The Hall–Kier alpha value is -3.71. The van der Waals surface area contributed by atoms with Crippen LogP contribution in [0.4, 0.5) is 5.82 Å². The summed E-state index contributed by atoms with van der Waals surface area (Å²) in [6.45, 7) is 2.33.